The zero-order valence-electron chi connectivity index (χ0n) is 26.3. The van der Waals surface area contributed by atoms with Gasteiger partial charge in [-0.3, -0.25) is 9.59 Å². The fraction of sp³-hybridized carbons (Fsp3) is 0.941. The van der Waals surface area contributed by atoms with Crippen LogP contribution >= 0.6 is 0 Å². The van der Waals surface area contributed by atoms with E-state index in [1.807, 2.05) is 0 Å². The Morgan fingerprint density at radius 1 is 0.526 bits per heavy atom. The molecule has 0 fully saturated rings. The molecule has 0 aliphatic carbocycles. The van der Waals surface area contributed by atoms with Gasteiger partial charge in [-0.2, -0.15) is 0 Å². The normalized spacial score (nSPS) is 11.6. The summed E-state index contributed by atoms with van der Waals surface area (Å²) in [5.74, 6) is -0.0826. The Bertz CT molecular complexity index is 477. The van der Waals surface area contributed by atoms with Gasteiger partial charge in [0.15, 0.2) is 0 Å². The van der Waals surface area contributed by atoms with Crippen LogP contribution in [-0.2, 0) is 14.3 Å². The van der Waals surface area contributed by atoms with Crippen molar-refractivity contribution in [1.82, 2.24) is 0 Å². The van der Waals surface area contributed by atoms with Crippen LogP contribution in [-0.4, -0.2) is 23.7 Å². The van der Waals surface area contributed by atoms with Crippen molar-refractivity contribution in [3.63, 3.8) is 0 Å². The van der Waals surface area contributed by atoms with Gasteiger partial charge in [0.1, 0.15) is 0 Å². The van der Waals surface area contributed by atoms with E-state index in [1.54, 1.807) is 0 Å². The van der Waals surface area contributed by atoms with E-state index in [9.17, 15) is 9.59 Å². The van der Waals surface area contributed by atoms with Gasteiger partial charge in [0.2, 0.25) is 0 Å². The van der Waals surface area contributed by atoms with Crippen LogP contribution in [0, 0.1) is 5.92 Å². The van der Waals surface area contributed by atoms with E-state index >= 15 is 0 Å². The fourth-order valence-electron chi connectivity index (χ4n) is 4.70. The van der Waals surface area contributed by atoms with Gasteiger partial charge in [-0.25, -0.2) is 0 Å². The second-order valence-electron chi connectivity index (χ2n) is 11.4. The van der Waals surface area contributed by atoms with Crippen molar-refractivity contribution in [3.05, 3.63) is 0 Å². The van der Waals surface area contributed by atoms with Crippen molar-refractivity contribution < 1.29 is 19.4 Å². The summed E-state index contributed by atoms with van der Waals surface area (Å²) in [6, 6.07) is 0. The Hall–Kier alpha value is -1.06. The van der Waals surface area contributed by atoms with E-state index in [4.69, 9.17) is 9.84 Å². The highest BCUT2D eigenvalue weighted by molar-refractivity contribution is 5.69. The summed E-state index contributed by atoms with van der Waals surface area (Å²) < 4.78 is 5.43. The van der Waals surface area contributed by atoms with Crippen molar-refractivity contribution in [2.45, 2.75) is 195 Å². The standard InChI is InChI=1S/C20H40O2.C14H28O2/c1-4-7-9-10-11-12-13-14-15-17-20(21)22-18-19(6-3)16-8-5-2;1-2-3-4-5-6-7-8-9-10-11-12-13-14(15)16/h19H,4-18H2,1-3H3;2-13H2,1H3,(H,15,16). The highest BCUT2D eigenvalue weighted by Crippen LogP contribution is 2.15. The molecule has 0 amide bonds. The SMILES string of the molecule is CCCCCCCCCCCC(=O)OCC(CC)CCCC.CCCCCCCCCCCCCC(=O)O. The van der Waals surface area contributed by atoms with Crippen LogP contribution in [0.15, 0.2) is 0 Å². The summed E-state index contributed by atoms with van der Waals surface area (Å²) in [5.41, 5.74) is 0. The minimum Gasteiger partial charge on any atom is -0.481 e. The molecule has 0 aromatic carbocycles. The lowest BCUT2D eigenvalue weighted by Crippen LogP contribution is -2.13. The molecule has 0 saturated heterocycles. The topological polar surface area (TPSA) is 63.6 Å². The lowest BCUT2D eigenvalue weighted by molar-refractivity contribution is -0.145. The molecule has 0 rings (SSSR count). The predicted molar refractivity (Wildman–Crippen MR) is 165 cm³/mol. The molecule has 0 heterocycles. The largest absolute Gasteiger partial charge is 0.481 e. The van der Waals surface area contributed by atoms with Crippen LogP contribution < -0.4 is 0 Å². The molecule has 1 atom stereocenters. The maximum Gasteiger partial charge on any atom is 0.305 e. The maximum atomic E-state index is 11.7. The molecule has 1 unspecified atom stereocenters. The molecule has 38 heavy (non-hydrogen) atoms. The van der Waals surface area contributed by atoms with Crippen LogP contribution in [0.4, 0.5) is 0 Å². The minimum atomic E-state index is -0.657. The third kappa shape index (κ3) is 34.9. The third-order valence-electron chi connectivity index (χ3n) is 7.50. The Morgan fingerprint density at radius 3 is 1.26 bits per heavy atom. The number of esters is 1. The second kappa shape index (κ2) is 34.0. The Morgan fingerprint density at radius 2 is 0.895 bits per heavy atom. The lowest BCUT2D eigenvalue weighted by Gasteiger charge is -2.14. The van der Waals surface area contributed by atoms with Gasteiger partial charge in [0.05, 0.1) is 6.61 Å². The summed E-state index contributed by atoms with van der Waals surface area (Å²) in [5, 5.41) is 8.46. The van der Waals surface area contributed by atoms with Crippen molar-refractivity contribution in [3.8, 4) is 0 Å². The molecule has 0 aromatic rings. The van der Waals surface area contributed by atoms with Gasteiger partial charge < -0.3 is 9.84 Å². The van der Waals surface area contributed by atoms with Crippen molar-refractivity contribution in [1.29, 1.82) is 0 Å². The van der Waals surface area contributed by atoms with E-state index < -0.39 is 5.97 Å². The Kier molecular flexibility index (Phi) is 34.9. The number of rotatable bonds is 28. The lowest BCUT2D eigenvalue weighted by atomic mass is 10.0. The number of ether oxygens (including phenoxy) is 1. The van der Waals surface area contributed by atoms with Crippen LogP contribution in [0.1, 0.15) is 195 Å². The van der Waals surface area contributed by atoms with E-state index in [0.29, 0.717) is 25.4 Å². The third-order valence-corrected chi connectivity index (χ3v) is 7.50. The van der Waals surface area contributed by atoms with Crippen LogP contribution in [0.2, 0.25) is 0 Å². The summed E-state index contributed by atoms with van der Waals surface area (Å²) >= 11 is 0. The second-order valence-corrected chi connectivity index (χ2v) is 11.4. The molecule has 0 radical (unpaired) electrons. The molecule has 228 valence electrons. The van der Waals surface area contributed by atoms with Crippen LogP contribution in [0.25, 0.3) is 0 Å². The molecular formula is C34H68O4. The van der Waals surface area contributed by atoms with Gasteiger partial charge in [-0.15, -0.1) is 0 Å². The van der Waals surface area contributed by atoms with Gasteiger partial charge in [-0.05, 0) is 25.2 Å². The van der Waals surface area contributed by atoms with E-state index in [2.05, 4.69) is 27.7 Å². The zero-order valence-corrected chi connectivity index (χ0v) is 26.3. The van der Waals surface area contributed by atoms with Crippen molar-refractivity contribution in [2.75, 3.05) is 6.61 Å². The monoisotopic (exact) mass is 541 g/mol. The molecule has 4 nitrogen and oxygen atoms in total. The maximum absolute atomic E-state index is 11.7. The molecule has 0 aliphatic heterocycles. The van der Waals surface area contributed by atoms with E-state index in [-0.39, 0.29) is 5.97 Å². The number of hydrogen-bond donors (Lipinski definition) is 1. The van der Waals surface area contributed by atoms with E-state index in [1.165, 1.54) is 128 Å². The van der Waals surface area contributed by atoms with Crippen molar-refractivity contribution >= 4 is 11.9 Å². The molecule has 0 aliphatic rings. The Labute approximate surface area is 238 Å². The van der Waals surface area contributed by atoms with Gasteiger partial charge in [0.25, 0.3) is 0 Å². The minimum absolute atomic E-state index is 0.0119. The van der Waals surface area contributed by atoms with Gasteiger partial charge in [-0.1, -0.05) is 163 Å². The first kappa shape index (κ1) is 39.1. The summed E-state index contributed by atoms with van der Waals surface area (Å²) in [7, 11) is 0. The number of unbranched alkanes of at least 4 members (excludes halogenated alkanes) is 19. The summed E-state index contributed by atoms with van der Waals surface area (Å²) in [4.78, 5) is 22.0. The summed E-state index contributed by atoms with van der Waals surface area (Å²) in [6.45, 7) is 9.53. The number of carbonyl (C=O) groups is 2. The molecule has 0 spiro atoms. The first-order chi connectivity index (χ1) is 18.5. The predicted octanol–water partition coefficient (Wildman–Crippen LogP) is 11.4. The number of hydrogen-bond acceptors (Lipinski definition) is 3. The fourth-order valence-corrected chi connectivity index (χ4v) is 4.70. The molecule has 0 bridgehead atoms. The molecule has 0 saturated carbocycles. The Balaban J connectivity index is 0. The van der Waals surface area contributed by atoms with Crippen molar-refractivity contribution in [2.24, 2.45) is 5.92 Å². The number of carbonyl (C=O) groups excluding carboxylic acids is 1. The van der Waals surface area contributed by atoms with Crippen LogP contribution in [0.5, 0.6) is 0 Å². The molecular weight excluding hydrogens is 472 g/mol. The molecule has 0 aromatic heterocycles. The average Bonchev–Trinajstić information content (AvgIpc) is 2.91. The first-order valence-corrected chi connectivity index (χ1v) is 16.9. The molecule has 4 heteroatoms. The number of carboxylic acid groups (broad SMARTS) is 1. The summed E-state index contributed by atoms with van der Waals surface area (Å²) in [6.07, 6.45) is 31.4. The quantitative estimate of drug-likeness (QED) is 0.0791. The smallest absolute Gasteiger partial charge is 0.305 e. The van der Waals surface area contributed by atoms with Gasteiger partial charge >= 0.3 is 11.9 Å². The first-order valence-electron chi connectivity index (χ1n) is 16.9. The zero-order chi connectivity index (χ0) is 28.5. The average molecular weight is 541 g/mol. The number of aliphatic carboxylic acids is 1. The molecule has 1 N–H and O–H groups in total. The number of carboxylic acids is 1. The highest BCUT2D eigenvalue weighted by Gasteiger charge is 2.09. The van der Waals surface area contributed by atoms with E-state index in [0.717, 1.165) is 25.7 Å². The van der Waals surface area contributed by atoms with Crippen LogP contribution in [0.3, 0.4) is 0 Å². The van der Waals surface area contributed by atoms with Gasteiger partial charge in [0, 0.05) is 12.8 Å². The highest BCUT2D eigenvalue weighted by atomic mass is 16.5.